The highest BCUT2D eigenvalue weighted by Gasteiger charge is 2.46. The van der Waals surface area contributed by atoms with Crippen molar-refractivity contribution >= 4 is 44.9 Å². The summed E-state index contributed by atoms with van der Waals surface area (Å²) in [5.74, 6) is 0. The number of anilines is 6. The topological polar surface area (TPSA) is 6.48 Å². The van der Waals surface area contributed by atoms with E-state index in [4.69, 9.17) is 0 Å². The van der Waals surface area contributed by atoms with Gasteiger partial charge in [-0.1, -0.05) is 246 Å². The van der Waals surface area contributed by atoms with E-state index in [1.165, 1.54) is 94.2 Å². The van der Waals surface area contributed by atoms with Crippen LogP contribution < -0.4 is 9.80 Å². The van der Waals surface area contributed by atoms with Gasteiger partial charge in [0.05, 0.1) is 11.1 Å². The third-order valence-electron chi connectivity index (χ3n) is 17.9. The normalized spacial score (nSPS) is 14.4. The van der Waals surface area contributed by atoms with Gasteiger partial charge in [-0.3, -0.25) is 0 Å². The van der Waals surface area contributed by atoms with Gasteiger partial charge in [0.1, 0.15) is 0 Å². The van der Waals surface area contributed by atoms with Gasteiger partial charge in [0.2, 0.25) is 0 Å². The van der Waals surface area contributed by atoms with Crippen molar-refractivity contribution in [1.82, 2.24) is 0 Å². The molecule has 0 saturated carbocycles. The molecule has 0 spiro atoms. The molecule has 0 amide bonds. The van der Waals surface area contributed by atoms with E-state index in [2.05, 4.69) is 317 Å². The first-order chi connectivity index (χ1) is 38.7. The number of hydrogen-bond donors (Lipinski definition) is 0. The predicted octanol–water partition coefficient (Wildman–Crippen LogP) is 20.4. The van der Waals surface area contributed by atoms with Crippen LogP contribution in [-0.4, -0.2) is 0 Å². The average Bonchev–Trinajstić information content (AvgIpc) is 3.27. The molecule has 3 aliphatic rings. The Kier molecular flexibility index (Phi) is 10.5. The molecule has 15 rings (SSSR count). The van der Waals surface area contributed by atoms with Crippen LogP contribution in [0.4, 0.5) is 34.1 Å². The van der Waals surface area contributed by atoms with Crippen molar-refractivity contribution in [3.8, 4) is 44.5 Å². The first-order valence-corrected chi connectivity index (χ1v) is 27.8. The molecule has 0 aromatic heterocycles. The lowest BCUT2D eigenvalue weighted by Gasteiger charge is -2.35. The summed E-state index contributed by atoms with van der Waals surface area (Å²) >= 11 is 0. The summed E-state index contributed by atoms with van der Waals surface area (Å²) < 4.78 is 0. The molecule has 2 heteroatoms. The summed E-state index contributed by atoms with van der Waals surface area (Å²) in [6.07, 6.45) is 0. The maximum atomic E-state index is 2.51. The summed E-state index contributed by atoms with van der Waals surface area (Å²) in [6.45, 7) is 9.58. The molecular formula is C77H58N2. The second kappa shape index (κ2) is 17.8. The Hall–Kier alpha value is -9.50. The highest BCUT2D eigenvalue weighted by Crippen LogP contribution is 2.58. The lowest BCUT2D eigenvalue weighted by molar-refractivity contribution is 0.660. The minimum absolute atomic E-state index is 0.197. The van der Waals surface area contributed by atoms with Gasteiger partial charge in [-0.15, -0.1) is 0 Å². The minimum Gasteiger partial charge on any atom is -0.310 e. The molecular weight excluding hydrogens is 953 g/mol. The van der Waals surface area contributed by atoms with E-state index in [0.29, 0.717) is 0 Å². The van der Waals surface area contributed by atoms with Crippen LogP contribution in [-0.2, 0) is 16.2 Å². The molecule has 0 unspecified atom stereocenters. The van der Waals surface area contributed by atoms with Crippen molar-refractivity contribution in [3.63, 3.8) is 0 Å². The van der Waals surface area contributed by atoms with Gasteiger partial charge < -0.3 is 9.80 Å². The molecule has 0 N–H and O–H groups in total. The van der Waals surface area contributed by atoms with Crippen molar-refractivity contribution in [3.05, 3.63) is 324 Å². The molecule has 12 aromatic rings. The standard InChI is InChI=1S/C77H58N2/c1-75(2)68-37-17-13-34-62(68)65-45-42-58(49-71(65)75)78(55-29-21-28-54(47-55)77(53-26-9-6-10-27-53)69-38-18-14-35-63(69)64-36-15-19-39-70(64)77)56-30-22-31-57(48-56)79(73-40-20-16-32-60(73)51-23-7-5-8-24-51)59-43-46-66-67-44-41-52-25-11-12-33-61(52)74(67)76(3,4)72(66)50-59/h5-50H,1-4H3. The summed E-state index contributed by atoms with van der Waals surface area (Å²) in [7, 11) is 0. The number of rotatable bonds is 9. The summed E-state index contributed by atoms with van der Waals surface area (Å²) in [4.78, 5) is 5.00. The van der Waals surface area contributed by atoms with Crippen LogP contribution in [0.2, 0.25) is 0 Å². The molecule has 0 aliphatic heterocycles. The van der Waals surface area contributed by atoms with Crippen molar-refractivity contribution in [2.45, 2.75) is 43.9 Å². The second-order valence-electron chi connectivity index (χ2n) is 22.8. The monoisotopic (exact) mass is 1010 g/mol. The minimum atomic E-state index is -0.565. The largest absolute Gasteiger partial charge is 0.310 e. The SMILES string of the molecule is CC1(C)c2ccccc2-c2ccc(N(c3cccc(N(c4ccc5c(c4)C(C)(C)c4c-5ccc5ccccc45)c4ccccc4-c4ccccc4)c3)c3cccc(C4(c5ccccc5)c5ccccc5-c5ccccc54)c3)cc21. The van der Waals surface area contributed by atoms with Gasteiger partial charge in [0.25, 0.3) is 0 Å². The van der Waals surface area contributed by atoms with Gasteiger partial charge >= 0.3 is 0 Å². The first-order valence-electron chi connectivity index (χ1n) is 27.8. The molecule has 0 radical (unpaired) electrons. The molecule has 0 heterocycles. The molecule has 376 valence electrons. The Labute approximate surface area is 464 Å². The van der Waals surface area contributed by atoms with Gasteiger partial charge in [0.15, 0.2) is 0 Å². The van der Waals surface area contributed by atoms with E-state index < -0.39 is 5.41 Å². The second-order valence-corrected chi connectivity index (χ2v) is 22.8. The molecule has 0 atom stereocenters. The predicted molar refractivity (Wildman–Crippen MR) is 331 cm³/mol. The van der Waals surface area contributed by atoms with E-state index in [1.54, 1.807) is 0 Å². The molecule has 0 bridgehead atoms. The lowest BCUT2D eigenvalue weighted by Crippen LogP contribution is -2.28. The summed E-state index contributed by atoms with van der Waals surface area (Å²) in [6, 6.07) is 104. The zero-order valence-electron chi connectivity index (χ0n) is 45.0. The fourth-order valence-electron chi connectivity index (χ4n) is 14.3. The van der Waals surface area contributed by atoms with Crippen LogP contribution in [0.3, 0.4) is 0 Å². The van der Waals surface area contributed by atoms with Crippen LogP contribution in [0.5, 0.6) is 0 Å². The fraction of sp³-hybridized carbons (Fsp3) is 0.0909. The van der Waals surface area contributed by atoms with E-state index >= 15 is 0 Å². The number of hydrogen-bond acceptors (Lipinski definition) is 2. The Balaban J connectivity index is 0.957. The lowest BCUT2D eigenvalue weighted by atomic mass is 9.67. The van der Waals surface area contributed by atoms with Crippen molar-refractivity contribution in [1.29, 1.82) is 0 Å². The van der Waals surface area contributed by atoms with Crippen LogP contribution in [0.1, 0.15) is 72.2 Å². The van der Waals surface area contributed by atoms with Crippen LogP contribution in [0, 0.1) is 0 Å². The van der Waals surface area contributed by atoms with E-state index in [1.807, 2.05) is 0 Å². The quantitative estimate of drug-likeness (QED) is 0.142. The Bertz CT molecular complexity index is 4350. The molecule has 0 fully saturated rings. The maximum absolute atomic E-state index is 2.51. The zero-order chi connectivity index (χ0) is 53.0. The van der Waals surface area contributed by atoms with Crippen molar-refractivity contribution in [2.24, 2.45) is 0 Å². The smallest absolute Gasteiger partial charge is 0.0714 e. The summed E-state index contributed by atoms with van der Waals surface area (Å²) in [5.41, 5.74) is 26.1. The van der Waals surface area contributed by atoms with Gasteiger partial charge in [-0.05, 0) is 155 Å². The highest BCUT2D eigenvalue weighted by molar-refractivity contribution is 5.99. The van der Waals surface area contributed by atoms with Crippen LogP contribution >= 0.6 is 0 Å². The first kappa shape index (κ1) is 46.8. The van der Waals surface area contributed by atoms with Gasteiger partial charge in [-0.2, -0.15) is 0 Å². The Morgan fingerprint density at radius 1 is 0.266 bits per heavy atom. The van der Waals surface area contributed by atoms with Crippen LogP contribution in [0.15, 0.2) is 279 Å². The molecule has 0 saturated heterocycles. The highest BCUT2D eigenvalue weighted by atomic mass is 15.2. The van der Waals surface area contributed by atoms with Gasteiger partial charge in [-0.25, -0.2) is 0 Å². The van der Waals surface area contributed by atoms with Gasteiger partial charge in [0, 0.05) is 44.8 Å². The fourth-order valence-corrected chi connectivity index (χ4v) is 14.3. The zero-order valence-corrected chi connectivity index (χ0v) is 45.0. The maximum Gasteiger partial charge on any atom is 0.0714 e. The number of para-hydroxylation sites is 1. The van der Waals surface area contributed by atoms with E-state index in [9.17, 15) is 0 Å². The third kappa shape index (κ3) is 6.97. The average molecular weight is 1010 g/mol. The van der Waals surface area contributed by atoms with Crippen LogP contribution in [0.25, 0.3) is 55.3 Å². The molecule has 2 nitrogen and oxygen atoms in total. The Morgan fingerprint density at radius 3 is 1.42 bits per heavy atom. The number of benzene rings is 12. The molecule has 3 aliphatic carbocycles. The van der Waals surface area contributed by atoms with E-state index in [0.717, 1.165) is 39.7 Å². The summed E-state index contributed by atoms with van der Waals surface area (Å²) in [5, 5.41) is 2.60. The van der Waals surface area contributed by atoms with Crippen molar-refractivity contribution in [2.75, 3.05) is 9.80 Å². The number of nitrogens with zero attached hydrogens (tertiary/aromatic N) is 2. The third-order valence-corrected chi connectivity index (χ3v) is 17.9. The van der Waals surface area contributed by atoms with Crippen molar-refractivity contribution < 1.29 is 0 Å². The Morgan fingerprint density at radius 2 is 0.722 bits per heavy atom. The molecule has 12 aromatic carbocycles. The van der Waals surface area contributed by atoms with E-state index in [-0.39, 0.29) is 10.8 Å². The number of fused-ring (bicyclic) bond motifs is 11. The molecule has 79 heavy (non-hydrogen) atoms.